The summed E-state index contributed by atoms with van der Waals surface area (Å²) in [6.07, 6.45) is 1.14. The molecule has 0 heterocycles. The standard InChI is InChI=1S/C14H32N2O/c1-7-8-16(9-10-17)12-14(5,6)11-15-13(2,3)4/h15,17H,7-12H2,1-6H3. The van der Waals surface area contributed by atoms with Gasteiger partial charge in [0.25, 0.3) is 0 Å². The van der Waals surface area contributed by atoms with Crippen molar-refractivity contribution in [2.75, 3.05) is 32.8 Å². The molecule has 0 spiro atoms. The Morgan fingerprint density at radius 1 is 1.06 bits per heavy atom. The lowest BCUT2D eigenvalue weighted by Gasteiger charge is -2.35. The maximum atomic E-state index is 9.06. The van der Waals surface area contributed by atoms with E-state index < -0.39 is 0 Å². The molecule has 0 rings (SSSR count). The topological polar surface area (TPSA) is 35.5 Å². The van der Waals surface area contributed by atoms with Crippen LogP contribution in [0.15, 0.2) is 0 Å². The fourth-order valence-corrected chi connectivity index (χ4v) is 1.89. The highest BCUT2D eigenvalue weighted by molar-refractivity contribution is 4.80. The summed E-state index contributed by atoms with van der Waals surface area (Å²) in [5.41, 5.74) is 0.404. The maximum Gasteiger partial charge on any atom is 0.0558 e. The molecule has 0 aromatic heterocycles. The zero-order valence-corrected chi connectivity index (χ0v) is 12.6. The quantitative estimate of drug-likeness (QED) is 0.686. The summed E-state index contributed by atoms with van der Waals surface area (Å²) < 4.78 is 0. The lowest BCUT2D eigenvalue weighted by molar-refractivity contribution is 0.137. The Morgan fingerprint density at radius 2 is 1.65 bits per heavy atom. The van der Waals surface area contributed by atoms with Crippen molar-refractivity contribution >= 4 is 0 Å². The minimum Gasteiger partial charge on any atom is -0.395 e. The molecule has 0 radical (unpaired) electrons. The third-order valence-electron chi connectivity index (χ3n) is 2.70. The molecule has 3 heteroatoms. The van der Waals surface area contributed by atoms with Crippen molar-refractivity contribution in [3.05, 3.63) is 0 Å². The van der Waals surface area contributed by atoms with Crippen LogP contribution in [0, 0.1) is 5.41 Å². The van der Waals surface area contributed by atoms with Gasteiger partial charge in [0.15, 0.2) is 0 Å². The Hall–Kier alpha value is -0.120. The monoisotopic (exact) mass is 244 g/mol. The molecule has 0 aromatic rings. The van der Waals surface area contributed by atoms with Crippen LogP contribution in [0.25, 0.3) is 0 Å². The number of hydrogen-bond donors (Lipinski definition) is 2. The molecule has 0 aliphatic carbocycles. The van der Waals surface area contributed by atoms with Crippen molar-refractivity contribution in [3.8, 4) is 0 Å². The van der Waals surface area contributed by atoms with Gasteiger partial charge in [0, 0.05) is 25.2 Å². The molecule has 104 valence electrons. The summed E-state index contributed by atoms with van der Waals surface area (Å²) in [7, 11) is 0. The minimum atomic E-state index is 0.170. The van der Waals surface area contributed by atoms with E-state index in [0.717, 1.165) is 32.6 Å². The number of nitrogens with zero attached hydrogens (tertiary/aromatic N) is 1. The first-order valence-corrected chi connectivity index (χ1v) is 6.78. The van der Waals surface area contributed by atoms with Crippen molar-refractivity contribution < 1.29 is 5.11 Å². The average Bonchev–Trinajstić information content (AvgIpc) is 2.14. The molecule has 3 nitrogen and oxygen atoms in total. The first-order chi connectivity index (χ1) is 7.70. The molecule has 17 heavy (non-hydrogen) atoms. The van der Waals surface area contributed by atoms with Crippen molar-refractivity contribution in [2.24, 2.45) is 5.41 Å². The molecule has 0 bridgehead atoms. The van der Waals surface area contributed by atoms with Gasteiger partial charge in [0.05, 0.1) is 6.61 Å². The van der Waals surface area contributed by atoms with Gasteiger partial charge in [-0.3, -0.25) is 0 Å². The van der Waals surface area contributed by atoms with Gasteiger partial charge in [-0.15, -0.1) is 0 Å². The van der Waals surface area contributed by atoms with Crippen molar-refractivity contribution in [1.82, 2.24) is 10.2 Å². The summed E-state index contributed by atoms with van der Waals surface area (Å²) in [4.78, 5) is 2.35. The Labute approximate surface area is 108 Å². The molecule has 0 atom stereocenters. The normalized spacial score (nSPS) is 13.4. The highest BCUT2D eigenvalue weighted by atomic mass is 16.3. The Bertz CT molecular complexity index is 191. The fraction of sp³-hybridized carbons (Fsp3) is 1.00. The van der Waals surface area contributed by atoms with Crippen LogP contribution in [0.4, 0.5) is 0 Å². The molecule has 0 amide bonds. The van der Waals surface area contributed by atoms with Gasteiger partial charge >= 0.3 is 0 Å². The van der Waals surface area contributed by atoms with Crippen molar-refractivity contribution in [3.63, 3.8) is 0 Å². The highest BCUT2D eigenvalue weighted by Crippen LogP contribution is 2.17. The summed E-state index contributed by atoms with van der Waals surface area (Å²) in [5, 5.41) is 12.6. The second-order valence-corrected chi connectivity index (χ2v) is 6.77. The van der Waals surface area contributed by atoms with Gasteiger partial charge in [0.1, 0.15) is 0 Å². The van der Waals surface area contributed by atoms with E-state index in [9.17, 15) is 0 Å². The summed E-state index contributed by atoms with van der Waals surface area (Å²) in [6.45, 7) is 17.5. The second kappa shape index (κ2) is 7.34. The predicted molar refractivity (Wildman–Crippen MR) is 75.4 cm³/mol. The van der Waals surface area contributed by atoms with E-state index in [-0.39, 0.29) is 17.6 Å². The van der Waals surface area contributed by atoms with Crippen LogP contribution in [-0.4, -0.2) is 48.3 Å². The van der Waals surface area contributed by atoms with E-state index in [2.05, 4.69) is 51.8 Å². The van der Waals surface area contributed by atoms with Gasteiger partial charge in [-0.1, -0.05) is 20.8 Å². The lowest BCUT2D eigenvalue weighted by Crippen LogP contribution is -2.46. The summed E-state index contributed by atoms with van der Waals surface area (Å²) in [5.74, 6) is 0. The van der Waals surface area contributed by atoms with Gasteiger partial charge in [0.2, 0.25) is 0 Å². The largest absolute Gasteiger partial charge is 0.395 e. The highest BCUT2D eigenvalue weighted by Gasteiger charge is 2.23. The number of aliphatic hydroxyl groups is 1. The Kier molecular flexibility index (Phi) is 7.29. The molecule has 0 saturated heterocycles. The molecule has 2 N–H and O–H groups in total. The lowest BCUT2D eigenvalue weighted by atomic mass is 9.91. The zero-order chi connectivity index (χ0) is 13.5. The molecule has 0 unspecified atom stereocenters. The van der Waals surface area contributed by atoms with Crippen LogP contribution in [0.3, 0.4) is 0 Å². The summed E-state index contributed by atoms with van der Waals surface area (Å²) >= 11 is 0. The number of aliphatic hydroxyl groups excluding tert-OH is 1. The predicted octanol–water partition coefficient (Wildman–Crippen LogP) is 2.10. The molecule has 0 saturated carbocycles. The minimum absolute atomic E-state index is 0.170. The van der Waals surface area contributed by atoms with E-state index in [0.29, 0.717) is 0 Å². The second-order valence-electron chi connectivity index (χ2n) is 6.77. The zero-order valence-electron chi connectivity index (χ0n) is 12.6. The van der Waals surface area contributed by atoms with Crippen LogP contribution in [0.2, 0.25) is 0 Å². The fourth-order valence-electron chi connectivity index (χ4n) is 1.89. The Balaban J connectivity index is 4.18. The van der Waals surface area contributed by atoms with Crippen molar-refractivity contribution in [2.45, 2.75) is 53.5 Å². The third-order valence-corrected chi connectivity index (χ3v) is 2.70. The van der Waals surface area contributed by atoms with Crippen LogP contribution in [-0.2, 0) is 0 Å². The first-order valence-electron chi connectivity index (χ1n) is 6.78. The van der Waals surface area contributed by atoms with E-state index in [4.69, 9.17) is 5.11 Å². The van der Waals surface area contributed by atoms with E-state index in [1.54, 1.807) is 0 Å². The number of nitrogens with one attached hydrogen (secondary N) is 1. The molecule has 0 aromatic carbocycles. The molecule has 0 fully saturated rings. The van der Waals surface area contributed by atoms with E-state index in [1.165, 1.54) is 0 Å². The molecular weight excluding hydrogens is 212 g/mol. The van der Waals surface area contributed by atoms with Gasteiger partial charge < -0.3 is 15.3 Å². The van der Waals surface area contributed by atoms with Gasteiger partial charge in [-0.05, 0) is 39.2 Å². The van der Waals surface area contributed by atoms with Crippen molar-refractivity contribution in [1.29, 1.82) is 0 Å². The Morgan fingerprint density at radius 3 is 2.06 bits per heavy atom. The SMILES string of the molecule is CCCN(CCO)CC(C)(C)CNC(C)(C)C. The van der Waals surface area contributed by atoms with E-state index >= 15 is 0 Å². The average molecular weight is 244 g/mol. The summed E-state index contributed by atoms with van der Waals surface area (Å²) in [6, 6.07) is 0. The maximum absolute atomic E-state index is 9.06. The van der Waals surface area contributed by atoms with Crippen LogP contribution in [0.5, 0.6) is 0 Å². The smallest absolute Gasteiger partial charge is 0.0558 e. The first kappa shape index (κ1) is 16.9. The third kappa shape index (κ3) is 9.57. The van der Waals surface area contributed by atoms with Gasteiger partial charge in [-0.2, -0.15) is 0 Å². The van der Waals surface area contributed by atoms with Crippen LogP contribution >= 0.6 is 0 Å². The molecule has 0 aliphatic heterocycles. The molecular formula is C14H32N2O. The van der Waals surface area contributed by atoms with E-state index in [1.807, 2.05) is 0 Å². The van der Waals surface area contributed by atoms with Crippen LogP contribution < -0.4 is 5.32 Å². The molecule has 0 aliphatic rings. The van der Waals surface area contributed by atoms with Crippen LogP contribution in [0.1, 0.15) is 48.0 Å². The van der Waals surface area contributed by atoms with Gasteiger partial charge in [-0.25, -0.2) is 0 Å². The number of hydrogen-bond acceptors (Lipinski definition) is 3. The number of rotatable bonds is 8.